The summed E-state index contributed by atoms with van der Waals surface area (Å²) in [5.41, 5.74) is 8.75. The third-order valence-corrected chi connectivity index (χ3v) is 3.60. The lowest BCUT2D eigenvalue weighted by atomic mass is 10.1. The number of aromatic nitrogens is 2. The highest BCUT2D eigenvalue weighted by Crippen LogP contribution is 2.22. The van der Waals surface area contributed by atoms with Crippen LogP contribution in [-0.4, -0.2) is 15.7 Å². The number of nitrogens with zero attached hydrogens (tertiary/aromatic N) is 2. The van der Waals surface area contributed by atoms with Crippen molar-refractivity contribution in [2.45, 2.75) is 20.5 Å². The highest BCUT2D eigenvalue weighted by atomic mass is 35.5. The van der Waals surface area contributed by atoms with Crippen LogP contribution in [0, 0.1) is 13.8 Å². The lowest BCUT2D eigenvalue weighted by molar-refractivity contribution is 0.0464. The summed E-state index contributed by atoms with van der Waals surface area (Å²) in [6.45, 7) is 3.67. The number of carbonyl (C=O) groups is 1. The molecule has 0 spiro atoms. The molecular weight excluding hydrogens is 278 g/mol. The van der Waals surface area contributed by atoms with E-state index in [-0.39, 0.29) is 6.61 Å². The number of nitrogen functional groups attached to an aromatic ring is 1. The first-order chi connectivity index (χ1) is 9.41. The average molecular weight is 294 g/mol. The number of nitrogens with two attached hydrogens (primary N) is 1. The first kappa shape index (κ1) is 14.4. The molecule has 0 saturated carbocycles. The summed E-state index contributed by atoms with van der Waals surface area (Å²) in [6, 6.07) is 5.28. The number of esters is 1. The molecule has 0 atom stereocenters. The molecule has 106 valence electrons. The minimum absolute atomic E-state index is 0.0583. The van der Waals surface area contributed by atoms with E-state index in [0.717, 1.165) is 5.56 Å². The highest BCUT2D eigenvalue weighted by molar-refractivity contribution is 6.31. The van der Waals surface area contributed by atoms with E-state index in [1.807, 2.05) is 13.0 Å². The SMILES string of the molecule is Cc1cccc(N)c1C(=O)OCc1c(Cl)c(C)nn1C. The van der Waals surface area contributed by atoms with Crippen LogP contribution in [-0.2, 0) is 18.4 Å². The molecule has 1 aromatic heterocycles. The first-order valence-electron chi connectivity index (χ1n) is 6.12. The summed E-state index contributed by atoms with van der Waals surface area (Å²) in [4.78, 5) is 12.1. The number of halogens is 1. The molecule has 2 aromatic rings. The summed E-state index contributed by atoms with van der Waals surface area (Å²) in [5, 5.41) is 4.68. The Balaban J connectivity index is 2.17. The number of carbonyl (C=O) groups excluding carboxylic acids is 1. The largest absolute Gasteiger partial charge is 0.455 e. The minimum Gasteiger partial charge on any atom is -0.455 e. The predicted octanol–water partition coefficient (Wildman–Crippen LogP) is 2.63. The molecule has 0 aliphatic heterocycles. The van der Waals surface area contributed by atoms with Crippen LogP contribution in [0.4, 0.5) is 5.69 Å². The third kappa shape index (κ3) is 2.63. The maximum atomic E-state index is 12.1. The third-order valence-electron chi connectivity index (χ3n) is 3.11. The average Bonchev–Trinajstić information content (AvgIpc) is 2.61. The lowest BCUT2D eigenvalue weighted by Crippen LogP contribution is -2.11. The maximum absolute atomic E-state index is 12.1. The Morgan fingerprint density at radius 1 is 1.45 bits per heavy atom. The predicted molar refractivity (Wildman–Crippen MR) is 77.7 cm³/mol. The molecule has 1 heterocycles. The Kier molecular flexibility index (Phi) is 3.99. The zero-order valence-corrected chi connectivity index (χ0v) is 12.4. The molecule has 0 radical (unpaired) electrons. The molecule has 1 aromatic carbocycles. The molecule has 0 bridgehead atoms. The normalized spacial score (nSPS) is 10.6. The van der Waals surface area contributed by atoms with E-state index < -0.39 is 5.97 Å². The van der Waals surface area contributed by atoms with E-state index >= 15 is 0 Å². The topological polar surface area (TPSA) is 70.1 Å². The molecule has 0 amide bonds. The summed E-state index contributed by atoms with van der Waals surface area (Å²) in [5.74, 6) is -0.462. The van der Waals surface area contributed by atoms with E-state index in [4.69, 9.17) is 22.1 Å². The zero-order valence-electron chi connectivity index (χ0n) is 11.6. The number of benzene rings is 1. The van der Waals surface area contributed by atoms with Gasteiger partial charge in [0.2, 0.25) is 0 Å². The lowest BCUT2D eigenvalue weighted by Gasteiger charge is -2.09. The minimum atomic E-state index is -0.462. The monoisotopic (exact) mass is 293 g/mol. The second-order valence-electron chi connectivity index (χ2n) is 4.58. The van der Waals surface area contributed by atoms with Crippen molar-refractivity contribution in [3.63, 3.8) is 0 Å². The fraction of sp³-hybridized carbons (Fsp3) is 0.286. The van der Waals surface area contributed by atoms with Gasteiger partial charge in [-0.1, -0.05) is 23.7 Å². The summed E-state index contributed by atoms with van der Waals surface area (Å²) in [7, 11) is 1.75. The number of hydrogen-bond acceptors (Lipinski definition) is 4. The summed E-state index contributed by atoms with van der Waals surface area (Å²) in [6.07, 6.45) is 0. The quantitative estimate of drug-likeness (QED) is 0.697. The first-order valence-corrected chi connectivity index (χ1v) is 6.49. The van der Waals surface area contributed by atoms with Crippen LogP contribution in [0.15, 0.2) is 18.2 Å². The Hall–Kier alpha value is -2.01. The van der Waals surface area contributed by atoms with E-state index in [1.165, 1.54) is 0 Å². The fourth-order valence-electron chi connectivity index (χ4n) is 2.01. The van der Waals surface area contributed by atoms with Crippen LogP contribution in [0.25, 0.3) is 0 Å². The summed E-state index contributed by atoms with van der Waals surface area (Å²) >= 11 is 6.11. The van der Waals surface area contributed by atoms with Gasteiger partial charge >= 0.3 is 5.97 Å². The fourth-order valence-corrected chi connectivity index (χ4v) is 2.23. The molecule has 2 rings (SSSR count). The van der Waals surface area contributed by atoms with Crippen LogP contribution in [0.5, 0.6) is 0 Å². The number of rotatable bonds is 3. The Morgan fingerprint density at radius 2 is 2.15 bits per heavy atom. The maximum Gasteiger partial charge on any atom is 0.340 e. The van der Waals surface area contributed by atoms with Crippen LogP contribution in [0.1, 0.15) is 27.3 Å². The van der Waals surface area contributed by atoms with E-state index in [0.29, 0.717) is 27.7 Å². The molecule has 0 unspecified atom stereocenters. The Labute approximate surface area is 122 Å². The molecule has 2 N–H and O–H groups in total. The molecule has 0 saturated heterocycles. The van der Waals surface area contributed by atoms with Crippen molar-refractivity contribution in [2.75, 3.05) is 5.73 Å². The van der Waals surface area contributed by atoms with Crippen molar-refractivity contribution in [3.05, 3.63) is 45.7 Å². The van der Waals surface area contributed by atoms with Crippen molar-refractivity contribution < 1.29 is 9.53 Å². The number of hydrogen-bond donors (Lipinski definition) is 1. The van der Waals surface area contributed by atoms with Gasteiger partial charge in [-0.05, 0) is 25.5 Å². The van der Waals surface area contributed by atoms with Gasteiger partial charge in [0.25, 0.3) is 0 Å². The van der Waals surface area contributed by atoms with Crippen molar-refractivity contribution in [2.24, 2.45) is 7.05 Å². The van der Waals surface area contributed by atoms with Crippen LogP contribution in [0.3, 0.4) is 0 Å². The van der Waals surface area contributed by atoms with Gasteiger partial charge in [0, 0.05) is 12.7 Å². The van der Waals surface area contributed by atoms with Crippen LogP contribution < -0.4 is 5.73 Å². The van der Waals surface area contributed by atoms with Crippen molar-refractivity contribution in [1.29, 1.82) is 0 Å². The molecule has 6 heteroatoms. The Morgan fingerprint density at radius 3 is 2.70 bits per heavy atom. The Bertz CT molecular complexity index is 644. The molecule has 0 aliphatic carbocycles. The van der Waals surface area contributed by atoms with Gasteiger partial charge in [-0.2, -0.15) is 5.10 Å². The molecule has 20 heavy (non-hydrogen) atoms. The highest BCUT2D eigenvalue weighted by Gasteiger charge is 2.17. The molecule has 0 aliphatic rings. The smallest absolute Gasteiger partial charge is 0.340 e. The van der Waals surface area contributed by atoms with Crippen molar-refractivity contribution in [3.8, 4) is 0 Å². The van der Waals surface area contributed by atoms with E-state index in [1.54, 1.807) is 30.8 Å². The number of aryl methyl sites for hydroxylation is 3. The van der Waals surface area contributed by atoms with Crippen molar-refractivity contribution in [1.82, 2.24) is 9.78 Å². The second kappa shape index (κ2) is 5.54. The van der Waals surface area contributed by atoms with Gasteiger partial charge in [-0.25, -0.2) is 4.79 Å². The standard InChI is InChI=1S/C14H16ClN3O2/c1-8-5-4-6-10(16)12(8)14(19)20-7-11-13(15)9(2)17-18(11)3/h4-6H,7,16H2,1-3H3. The van der Waals surface area contributed by atoms with Gasteiger partial charge < -0.3 is 10.5 Å². The van der Waals surface area contributed by atoms with Gasteiger partial charge in [-0.15, -0.1) is 0 Å². The summed E-state index contributed by atoms with van der Waals surface area (Å²) < 4.78 is 6.89. The molecule has 0 fully saturated rings. The van der Waals surface area contributed by atoms with Gasteiger partial charge in [0.05, 0.1) is 22.0 Å². The second-order valence-corrected chi connectivity index (χ2v) is 4.96. The molecular formula is C14H16ClN3O2. The van der Waals surface area contributed by atoms with Gasteiger partial charge in [0.15, 0.2) is 0 Å². The molecule has 5 nitrogen and oxygen atoms in total. The van der Waals surface area contributed by atoms with E-state index in [9.17, 15) is 4.79 Å². The zero-order chi connectivity index (χ0) is 14.9. The van der Waals surface area contributed by atoms with Crippen LogP contribution >= 0.6 is 11.6 Å². The van der Waals surface area contributed by atoms with Crippen molar-refractivity contribution >= 4 is 23.3 Å². The van der Waals surface area contributed by atoms with Gasteiger partial charge in [-0.3, -0.25) is 4.68 Å². The van der Waals surface area contributed by atoms with Gasteiger partial charge in [0.1, 0.15) is 6.61 Å². The van der Waals surface area contributed by atoms with E-state index in [2.05, 4.69) is 5.10 Å². The number of ether oxygens (including phenoxy) is 1. The van der Waals surface area contributed by atoms with Crippen LogP contribution in [0.2, 0.25) is 5.02 Å². The number of anilines is 1.